The molecule has 3 heteroatoms. The third-order valence-electron chi connectivity index (χ3n) is 3.65. The second-order valence-electron chi connectivity index (χ2n) is 5.08. The molecule has 1 unspecified atom stereocenters. The van der Waals surface area contributed by atoms with Crippen LogP contribution in [-0.2, 0) is 4.79 Å². The Balaban J connectivity index is 2.16. The van der Waals surface area contributed by atoms with Crippen LogP contribution in [0.5, 0.6) is 0 Å². The van der Waals surface area contributed by atoms with Crippen LogP contribution in [0.15, 0.2) is 41.6 Å². The molecule has 0 saturated heterocycles. The summed E-state index contributed by atoms with van der Waals surface area (Å²) in [6.45, 7) is 2.06. The number of rotatable bonds is 4. The highest BCUT2D eigenvalue weighted by molar-refractivity contribution is 5.85. The minimum Gasteiger partial charge on any atom is -0.545 e. The number of aliphatic carboxylic acids is 1. The second-order valence-corrected chi connectivity index (χ2v) is 5.08. The minimum atomic E-state index is -1.02. The molecule has 0 spiro atoms. The molecule has 2 rings (SSSR count). The van der Waals surface area contributed by atoms with Crippen LogP contribution >= 0.6 is 0 Å². The lowest BCUT2D eigenvalue weighted by Gasteiger charge is -2.21. The maximum absolute atomic E-state index is 11.2. The fraction of sp³-hybridized carbons (Fsp3) is 0.438. The Bertz CT molecular complexity index is 465. The maximum atomic E-state index is 11.2. The van der Waals surface area contributed by atoms with E-state index in [4.69, 9.17) is 0 Å². The number of carbonyl (C=O) groups is 1. The van der Waals surface area contributed by atoms with E-state index in [9.17, 15) is 9.90 Å². The maximum Gasteiger partial charge on any atom is 0.0692 e. The number of allylic oxidation sites excluding steroid dienone is 1. The van der Waals surface area contributed by atoms with E-state index < -0.39 is 5.97 Å². The third kappa shape index (κ3) is 3.60. The van der Waals surface area contributed by atoms with Gasteiger partial charge in [-0.2, -0.15) is 0 Å². The first-order chi connectivity index (χ1) is 9.18. The molecule has 19 heavy (non-hydrogen) atoms. The molecular formula is C16H20NO2-. The van der Waals surface area contributed by atoms with Crippen molar-refractivity contribution in [3.8, 4) is 0 Å². The molecule has 1 N–H and O–H groups in total. The predicted molar refractivity (Wildman–Crippen MR) is 73.1 cm³/mol. The van der Waals surface area contributed by atoms with Crippen LogP contribution in [0.1, 0.15) is 50.6 Å². The number of carboxylic acid groups (broad SMARTS) is 1. The number of hydrogen-bond acceptors (Lipinski definition) is 3. The van der Waals surface area contributed by atoms with Gasteiger partial charge < -0.3 is 15.2 Å². The molecule has 1 aromatic rings. The molecule has 0 aromatic heterocycles. The SMILES string of the molecule is CC(NC1=C(C(=O)[O-])CCCCC1)c1ccccc1. The van der Waals surface area contributed by atoms with Crippen LogP contribution < -0.4 is 10.4 Å². The normalized spacial score (nSPS) is 17.7. The van der Waals surface area contributed by atoms with Crippen LogP contribution in [0.4, 0.5) is 0 Å². The molecule has 3 nitrogen and oxygen atoms in total. The van der Waals surface area contributed by atoms with Crippen molar-refractivity contribution in [2.75, 3.05) is 0 Å². The summed E-state index contributed by atoms with van der Waals surface area (Å²) in [7, 11) is 0. The quantitative estimate of drug-likeness (QED) is 0.901. The van der Waals surface area contributed by atoms with Crippen molar-refractivity contribution in [2.45, 2.75) is 45.1 Å². The van der Waals surface area contributed by atoms with E-state index in [-0.39, 0.29) is 6.04 Å². The summed E-state index contributed by atoms with van der Waals surface area (Å²) in [5.41, 5.74) is 2.48. The van der Waals surface area contributed by atoms with Gasteiger partial charge in [0.1, 0.15) is 0 Å². The van der Waals surface area contributed by atoms with Gasteiger partial charge in [0.05, 0.1) is 5.97 Å². The molecule has 0 saturated carbocycles. The lowest BCUT2D eigenvalue weighted by molar-refractivity contribution is -0.299. The molecule has 1 aromatic carbocycles. The van der Waals surface area contributed by atoms with Gasteiger partial charge in [-0.15, -0.1) is 0 Å². The summed E-state index contributed by atoms with van der Waals surface area (Å²) in [5, 5.41) is 14.6. The Morgan fingerprint density at radius 3 is 2.53 bits per heavy atom. The summed E-state index contributed by atoms with van der Waals surface area (Å²) in [4.78, 5) is 11.2. The Morgan fingerprint density at radius 2 is 1.84 bits per heavy atom. The van der Waals surface area contributed by atoms with Crippen molar-refractivity contribution in [3.63, 3.8) is 0 Å². The molecule has 0 radical (unpaired) electrons. The Kier molecular flexibility index (Phi) is 4.61. The topological polar surface area (TPSA) is 52.2 Å². The molecule has 0 fully saturated rings. The molecule has 1 atom stereocenters. The number of carboxylic acids is 1. The number of benzene rings is 1. The van der Waals surface area contributed by atoms with Crippen molar-refractivity contribution in [1.29, 1.82) is 0 Å². The standard InChI is InChI=1S/C16H21NO2/c1-12(13-8-4-2-5-9-13)17-15-11-7-3-6-10-14(15)16(18)19/h2,4-5,8-9,12,17H,3,6-7,10-11H2,1H3,(H,18,19)/p-1. The van der Waals surface area contributed by atoms with Gasteiger partial charge in [0.2, 0.25) is 0 Å². The van der Waals surface area contributed by atoms with Gasteiger partial charge in [-0.1, -0.05) is 36.8 Å². The second kappa shape index (κ2) is 6.41. The van der Waals surface area contributed by atoms with E-state index >= 15 is 0 Å². The highest BCUT2D eigenvalue weighted by Crippen LogP contribution is 2.24. The average Bonchev–Trinajstić information content (AvgIpc) is 2.65. The van der Waals surface area contributed by atoms with Crippen molar-refractivity contribution in [1.82, 2.24) is 5.32 Å². The molecule has 0 aliphatic heterocycles. The number of carbonyl (C=O) groups excluding carboxylic acids is 1. The van der Waals surface area contributed by atoms with Gasteiger partial charge in [-0.05, 0) is 43.7 Å². The summed E-state index contributed by atoms with van der Waals surface area (Å²) in [6.07, 6.45) is 4.49. The van der Waals surface area contributed by atoms with Crippen molar-refractivity contribution < 1.29 is 9.90 Å². The third-order valence-corrected chi connectivity index (χ3v) is 3.65. The van der Waals surface area contributed by atoms with E-state index in [0.717, 1.165) is 36.9 Å². The lowest BCUT2D eigenvalue weighted by Crippen LogP contribution is -2.29. The molecule has 0 amide bonds. The average molecular weight is 258 g/mol. The van der Waals surface area contributed by atoms with Crippen molar-refractivity contribution in [2.24, 2.45) is 0 Å². The summed E-state index contributed by atoms with van der Waals surface area (Å²) in [6, 6.07) is 10.2. The van der Waals surface area contributed by atoms with Crippen molar-refractivity contribution in [3.05, 3.63) is 47.2 Å². The summed E-state index contributed by atoms with van der Waals surface area (Å²) in [5.74, 6) is -1.02. The van der Waals surface area contributed by atoms with Gasteiger partial charge in [0.15, 0.2) is 0 Å². The number of nitrogens with one attached hydrogen (secondary N) is 1. The van der Waals surface area contributed by atoms with Crippen molar-refractivity contribution >= 4 is 5.97 Å². The van der Waals surface area contributed by atoms with Crippen LogP contribution in [0.2, 0.25) is 0 Å². The molecule has 1 aliphatic carbocycles. The fourth-order valence-corrected chi connectivity index (χ4v) is 2.55. The first-order valence-electron chi connectivity index (χ1n) is 6.93. The smallest absolute Gasteiger partial charge is 0.0692 e. The largest absolute Gasteiger partial charge is 0.545 e. The van der Waals surface area contributed by atoms with E-state index in [2.05, 4.69) is 12.2 Å². The van der Waals surface area contributed by atoms with Crippen LogP contribution in [0.3, 0.4) is 0 Å². The highest BCUT2D eigenvalue weighted by Gasteiger charge is 2.14. The Labute approximate surface area is 114 Å². The number of hydrogen-bond donors (Lipinski definition) is 1. The van der Waals surface area contributed by atoms with Crippen LogP contribution in [0, 0.1) is 0 Å². The van der Waals surface area contributed by atoms with Crippen LogP contribution in [0.25, 0.3) is 0 Å². The zero-order valence-corrected chi connectivity index (χ0v) is 11.3. The molecule has 0 bridgehead atoms. The van der Waals surface area contributed by atoms with Crippen LogP contribution in [-0.4, -0.2) is 5.97 Å². The first kappa shape index (κ1) is 13.7. The minimum absolute atomic E-state index is 0.114. The van der Waals surface area contributed by atoms with E-state index in [1.54, 1.807) is 0 Å². The van der Waals surface area contributed by atoms with Gasteiger partial charge in [-0.25, -0.2) is 0 Å². The molecular weight excluding hydrogens is 238 g/mol. The molecule has 102 valence electrons. The summed E-state index contributed by atoms with van der Waals surface area (Å²) < 4.78 is 0. The monoisotopic (exact) mass is 258 g/mol. The first-order valence-corrected chi connectivity index (χ1v) is 6.93. The molecule has 0 heterocycles. The lowest BCUT2D eigenvalue weighted by atomic mass is 10.1. The van der Waals surface area contributed by atoms with Gasteiger partial charge in [0.25, 0.3) is 0 Å². The summed E-state index contributed by atoms with van der Waals surface area (Å²) >= 11 is 0. The highest BCUT2D eigenvalue weighted by atomic mass is 16.4. The Morgan fingerprint density at radius 1 is 1.16 bits per heavy atom. The zero-order valence-electron chi connectivity index (χ0n) is 11.3. The van der Waals surface area contributed by atoms with Gasteiger partial charge in [-0.3, -0.25) is 0 Å². The fourth-order valence-electron chi connectivity index (χ4n) is 2.55. The van der Waals surface area contributed by atoms with E-state index in [0.29, 0.717) is 12.0 Å². The predicted octanol–water partition coefficient (Wildman–Crippen LogP) is 2.31. The Hall–Kier alpha value is -1.77. The van der Waals surface area contributed by atoms with E-state index in [1.807, 2.05) is 30.3 Å². The van der Waals surface area contributed by atoms with E-state index in [1.165, 1.54) is 0 Å². The zero-order chi connectivity index (χ0) is 13.7. The van der Waals surface area contributed by atoms with Gasteiger partial charge in [0, 0.05) is 11.7 Å². The van der Waals surface area contributed by atoms with Gasteiger partial charge >= 0.3 is 0 Å². The molecule has 1 aliphatic rings.